The van der Waals surface area contributed by atoms with E-state index in [2.05, 4.69) is 5.16 Å². The molecule has 0 fully saturated rings. The largest absolute Gasteiger partial charge is 0.379 e. The molecule has 0 aliphatic heterocycles. The average molecular weight is 295 g/mol. The average Bonchev–Trinajstić information content (AvgIpc) is 2.69. The minimum Gasteiger partial charge on any atom is -0.379 e. The number of hydrogen-bond donors (Lipinski definition) is 0. The fourth-order valence-corrected chi connectivity index (χ4v) is 3.28. The highest BCUT2D eigenvalue weighted by Crippen LogP contribution is 2.30. The minimum absolute atomic E-state index is 0.00365. The van der Waals surface area contributed by atoms with Gasteiger partial charge in [-0.3, -0.25) is 0 Å². The standard InChI is InChI=1S/C14H17NO4S/c1-9(2)12-7-5-6-8-13(12)19-20(16,17)14-10(3)15-18-11(14)4/h5-9H,1-4H3. The Bertz CT molecular complexity index is 697. The Balaban J connectivity index is 2.45. The van der Waals surface area contributed by atoms with E-state index in [1.165, 1.54) is 0 Å². The maximum Gasteiger partial charge on any atom is 0.344 e. The highest BCUT2D eigenvalue weighted by atomic mass is 32.2. The van der Waals surface area contributed by atoms with Crippen molar-refractivity contribution in [2.24, 2.45) is 0 Å². The highest BCUT2D eigenvalue weighted by Gasteiger charge is 2.27. The van der Waals surface area contributed by atoms with E-state index < -0.39 is 10.1 Å². The van der Waals surface area contributed by atoms with Crippen molar-refractivity contribution >= 4 is 10.1 Å². The van der Waals surface area contributed by atoms with Crippen LogP contribution in [0.2, 0.25) is 0 Å². The van der Waals surface area contributed by atoms with E-state index in [1.54, 1.807) is 26.0 Å². The molecule has 0 amide bonds. The quantitative estimate of drug-likeness (QED) is 0.810. The van der Waals surface area contributed by atoms with Crippen molar-refractivity contribution in [3.05, 3.63) is 41.3 Å². The van der Waals surface area contributed by atoms with Gasteiger partial charge >= 0.3 is 10.1 Å². The molecule has 2 aromatic rings. The molecule has 0 bridgehead atoms. The number of aryl methyl sites for hydroxylation is 2. The zero-order valence-corrected chi connectivity index (χ0v) is 12.7. The molecule has 0 aliphatic rings. The molecular formula is C14H17NO4S. The number of nitrogens with zero attached hydrogens (tertiary/aromatic N) is 1. The van der Waals surface area contributed by atoms with Gasteiger partial charge in [0.05, 0.1) is 0 Å². The molecule has 2 rings (SSSR count). The van der Waals surface area contributed by atoms with Gasteiger partial charge in [0, 0.05) is 0 Å². The Morgan fingerprint density at radius 2 is 1.85 bits per heavy atom. The normalized spacial score (nSPS) is 11.8. The summed E-state index contributed by atoms with van der Waals surface area (Å²) in [6.07, 6.45) is 0. The predicted octanol–water partition coefficient (Wildman–Crippen LogP) is 3.18. The molecule has 0 radical (unpaired) electrons. The first kappa shape index (κ1) is 14.6. The van der Waals surface area contributed by atoms with Crippen molar-refractivity contribution in [3.8, 4) is 5.75 Å². The van der Waals surface area contributed by atoms with Gasteiger partial charge in [-0.05, 0) is 31.4 Å². The van der Waals surface area contributed by atoms with E-state index in [1.807, 2.05) is 26.0 Å². The molecule has 0 unspecified atom stereocenters. The molecule has 0 N–H and O–H groups in total. The third-order valence-corrected chi connectivity index (χ3v) is 4.44. The van der Waals surface area contributed by atoms with Gasteiger partial charge in [-0.1, -0.05) is 37.2 Å². The maximum atomic E-state index is 12.4. The molecule has 108 valence electrons. The molecule has 1 aromatic carbocycles. The first-order chi connectivity index (χ1) is 9.33. The zero-order chi connectivity index (χ0) is 14.9. The van der Waals surface area contributed by atoms with Crippen molar-refractivity contribution in [2.75, 3.05) is 0 Å². The van der Waals surface area contributed by atoms with Gasteiger partial charge in [0.25, 0.3) is 0 Å². The topological polar surface area (TPSA) is 69.4 Å². The van der Waals surface area contributed by atoms with Gasteiger partial charge in [-0.15, -0.1) is 0 Å². The summed E-state index contributed by atoms with van der Waals surface area (Å²) in [7, 11) is -3.94. The summed E-state index contributed by atoms with van der Waals surface area (Å²) in [6.45, 7) is 7.07. The number of para-hydroxylation sites is 1. The van der Waals surface area contributed by atoms with Crippen LogP contribution in [0.15, 0.2) is 33.7 Å². The summed E-state index contributed by atoms with van der Waals surface area (Å²) < 4.78 is 34.9. The fraction of sp³-hybridized carbons (Fsp3) is 0.357. The second-order valence-corrected chi connectivity index (χ2v) is 6.37. The summed E-state index contributed by atoms with van der Waals surface area (Å²) >= 11 is 0. The second kappa shape index (κ2) is 5.28. The van der Waals surface area contributed by atoms with E-state index in [4.69, 9.17) is 8.71 Å². The highest BCUT2D eigenvalue weighted by molar-refractivity contribution is 7.87. The number of benzene rings is 1. The van der Waals surface area contributed by atoms with E-state index in [0.717, 1.165) is 5.56 Å². The minimum atomic E-state index is -3.94. The third-order valence-electron chi connectivity index (χ3n) is 2.96. The second-order valence-electron chi connectivity index (χ2n) is 4.88. The van der Waals surface area contributed by atoms with Crippen molar-refractivity contribution in [3.63, 3.8) is 0 Å². The zero-order valence-electron chi connectivity index (χ0n) is 11.9. The van der Waals surface area contributed by atoms with E-state index >= 15 is 0 Å². The Morgan fingerprint density at radius 3 is 2.40 bits per heavy atom. The number of hydrogen-bond acceptors (Lipinski definition) is 5. The van der Waals surface area contributed by atoms with Gasteiger partial charge in [-0.2, -0.15) is 8.42 Å². The maximum absolute atomic E-state index is 12.4. The van der Waals surface area contributed by atoms with Crippen molar-refractivity contribution in [1.29, 1.82) is 0 Å². The Labute approximate surface area is 118 Å². The Hall–Kier alpha value is -1.82. The van der Waals surface area contributed by atoms with E-state index in [0.29, 0.717) is 11.4 Å². The summed E-state index contributed by atoms with van der Waals surface area (Å²) in [6, 6.07) is 7.09. The van der Waals surface area contributed by atoms with Gasteiger partial charge < -0.3 is 8.71 Å². The van der Waals surface area contributed by atoms with Crippen molar-refractivity contribution < 1.29 is 17.1 Å². The van der Waals surface area contributed by atoms with Crippen molar-refractivity contribution in [2.45, 2.75) is 38.5 Å². The monoisotopic (exact) mass is 295 g/mol. The first-order valence-electron chi connectivity index (χ1n) is 6.29. The molecule has 1 heterocycles. The lowest BCUT2D eigenvalue weighted by Crippen LogP contribution is -2.12. The lowest BCUT2D eigenvalue weighted by molar-refractivity contribution is 0.389. The van der Waals surface area contributed by atoms with Crippen LogP contribution in [0, 0.1) is 13.8 Å². The third kappa shape index (κ3) is 2.70. The number of rotatable bonds is 4. The molecule has 0 saturated heterocycles. The van der Waals surface area contributed by atoms with Gasteiger partial charge in [0.2, 0.25) is 0 Å². The van der Waals surface area contributed by atoms with Crippen LogP contribution in [-0.2, 0) is 10.1 Å². The molecule has 0 aliphatic carbocycles. The molecule has 0 saturated carbocycles. The van der Waals surface area contributed by atoms with Crippen LogP contribution in [0.5, 0.6) is 5.75 Å². The van der Waals surface area contributed by atoms with Gasteiger partial charge in [0.1, 0.15) is 11.4 Å². The Kier molecular flexibility index (Phi) is 3.85. The van der Waals surface area contributed by atoms with Crippen LogP contribution in [-0.4, -0.2) is 13.6 Å². The van der Waals surface area contributed by atoms with Crippen LogP contribution in [0.25, 0.3) is 0 Å². The molecule has 6 heteroatoms. The lowest BCUT2D eigenvalue weighted by atomic mass is 10.0. The Morgan fingerprint density at radius 1 is 1.20 bits per heavy atom. The van der Waals surface area contributed by atoms with Gasteiger partial charge in [0.15, 0.2) is 10.7 Å². The molecular weight excluding hydrogens is 278 g/mol. The number of aromatic nitrogens is 1. The molecule has 0 spiro atoms. The summed E-state index contributed by atoms with van der Waals surface area (Å²) in [5.41, 5.74) is 1.13. The molecule has 20 heavy (non-hydrogen) atoms. The smallest absolute Gasteiger partial charge is 0.344 e. The predicted molar refractivity (Wildman–Crippen MR) is 74.3 cm³/mol. The van der Waals surface area contributed by atoms with Crippen LogP contribution >= 0.6 is 0 Å². The summed E-state index contributed by atoms with van der Waals surface area (Å²) in [5.74, 6) is 0.720. The molecule has 1 aromatic heterocycles. The van der Waals surface area contributed by atoms with E-state index in [-0.39, 0.29) is 16.6 Å². The molecule has 0 atom stereocenters. The summed E-state index contributed by atoms with van der Waals surface area (Å²) in [5, 5.41) is 3.65. The van der Waals surface area contributed by atoms with Crippen LogP contribution in [0.4, 0.5) is 0 Å². The van der Waals surface area contributed by atoms with Crippen LogP contribution < -0.4 is 4.18 Å². The van der Waals surface area contributed by atoms with Crippen molar-refractivity contribution in [1.82, 2.24) is 5.16 Å². The van der Waals surface area contributed by atoms with Crippen LogP contribution in [0.3, 0.4) is 0 Å². The first-order valence-corrected chi connectivity index (χ1v) is 7.70. The van der Waals surface area contributed by atoms with Gasteiger partial charge in [-0.25, -0.2) is 0 Å². The summed E-state index contributed by atoms with van der Waals surface area (Å²) in [4.78, 5) is -0.00365. The lowest BCUT2D eigenvalue weighted by Gasteiger charge is -2.13. The van der Waals surface area contributed by atoms with Crippen LogP contribution in [0.1, 0.15) is 36.8 Å². The molecule has 5 nitrogen and oxygen atoms in total. The SMILES string of the molecule is Cc1noc(C)c1S(=O)(=O)Oc1ccccc1C(C)C. The van der Waals surface area contributed by atoms with E-state index in [9.17, 15) is 8.42 Å². The fourth-order valence-electron chi connectivity index (χ4n) is 2.02.